The Hall–Kier alpha value is -1.98. The first kappa shape index (κ1) is 15.9. The number of hydrogen-bond acceptors (Lipinski definition) is 2. The number of nitrogens with zero attached hydrogens (tertiary/aromatic N) is 2. The first-order valence-corrected chi connectivity index (χ1v) is 8.02. The van der Waals surface area contributed by atoms with E-state index in [1.54, 1.807) is 11.1 Å². The van der Waals surface area contributed by atoms with Crippen molar-refractivity contribution >= 4 is 17.6 Å². The van der Waals surface area contributed by atoms with E-state index in [-0.39, 0.29) is 18.7 Å². The number of benzene rings is 1. The number of halogens is 1. The Morgan fingerprint density at radius 1 is 1.43 bits per heavy atom. The Labute approximate surface area is 140 Å². The van der Waals surface area contributed by atoms with E-state index < -0.39 is 0 Å². The van der Waals surface area contributed by atoms with Gasteiger partial charge in [-0.25, -0.2) is 4.79 Å². The summed E-state index contributed by atoms with van der Waals surface area (Å²) in [6, 6.07) is 9.33. The minimum atomic E-state index is -0.294. The van der Waals surface area contributed by atoms with Gasteiger partial charge in [0.05, 0.1) is 24.2 Å². The van der Waals surface area contributed by atoms with Gasteiger partial charge in [-0.2, -0.15) is 0 Å². The molecule has 1 aromatic carbocycles. The predicted molar refractivity (Wildman–Crippen MR) is 89.3 cm³/mol. The van der Waals surface area contributed by atoms with Crippen LogP contribution < -0.4 is 5.32 Å². The number of aliphatic hydroxyl groups is 1. The summed E-state index contributed by atoms with van der Waals surface area (Å²) >= 11 is 5.95. The summed E-state index contributed by atoms with van der Waals surface area (Å²) in [7, 11) is 1.89. The van der Waals surface area contributed by atoms with Crippen LogP contribution in [0.25, 0.3) is 0 Å². The molecule has 0 bridgehead atoms. The largest absolute Gasteiger partial charge is 0.394 e. The van der Waals surface area contributed by atoms with Crippen molar-refractivity contribution in [3.05, 3.63) is 58.4 Å². The molecule has 2 heterocycles. The summed E-state index contributed by atoms with van der Waals surface area (Å²) in [5, 5.41) is 13.3. The van der Waals surface area contributed by atoms with Crippen LogP contribution in [-0.2, 0) is 20.0 Å². The minimum absolute atomic E-state index is 0.0829. The van der Waals surface area contributed by atoms with Gasteiger partial charge in [0, 0.05) is 25.5 Å². The van der Waals surface area contributed by atoms with Gasteiger partial charge < -0.3 is 19.9 Å². The Balaban J connectivity index is 1.71. The fraction of sp³-hybridized carbons (Fsp3) is 0.353. The predicted octanol–water partition coefficient (Wildman–Crippen LogP) is 2.48. The number of aromatic nitrogens is 1. The summed E-state index contributed by atoms with van der Waals surface area (Å²) in [4.78, 5) is 14.2. The molecule has 6 heteroatoms. The van der Waals surface area contributed by atoms with Crippen LogP contribution in [0.15, 0.2) is 36.5 Å². The number of fused-ring (bicyclic) bond motifs is 1. The van der Waals surface area contributed by atoms with Gasteiger partial charge in [0.2, 0.25) is 0 Å². The van der Waals surface area contributed by atoms with E-state index in [0.717, 1.165) is 17.7 Å². The van der Waals surface area contributed by atoms with Gasteiger partial charge in [-0.05, 0) is 23.6 Å². The Kier molecular flexibility index (Phi) is 4.59. The molecule has 1 atom stereocenters. The molecular weight excluding hydrogens is 314 g/mol. The molecule has 0 fully saturated rings. The van der Waals surface area contributed by atoms with E-state index in [9.17, 15) is 9.90 Å². The van der Waals surface area contributed by atoms with Gasteiger partial charge in [-0.1, -0.05) is 35.9 Å². The molecule has 23 heavy (non-hydrogen) atoms. The van der Waals surface area contributed by atoms with Crippen LogP contribution in [0.1, 0.15) is 22.9 Å². The quantitative estimate of drug-likeness (QED) is 0.906. The van der Waals surface area contributed by atoms with Crippen molar-refractivity contribution in [2.45, 2.75) is 19.0 Å². The van der Waals surface area contributed by atoms with Gasteiger partial charge >= 0.3 is 6.03 Å². The van der Waals surface area contributed by atoms with Crippen molar-refractivity contribution < 1.29 is 9.90 Å². The molecule has 5 nitrogen and oxygen atoms in total. The van der Waals surface area contributed by atoms with E-state index in [2.05, 4.69) is 11.4 Å². The van der Waals surface area contributed by atoms with E-state index in [0.29, 0.717) is 18.1 Å². The number of hydrogen-bond donors (Lipinski definition) is 2. The standard InChI is InChI=1S/C17H20ClN3O2/c1-20-10-13(18)8-14(20)9-19-17(23)21-7-6-12-4-2-3-5-15(12)16(21)11-22/h2-5,8,10,16,22H,6-7,9,11H2,1H3,(H,19,23)/t16-/m0/s1. The second-order valence-corrected chi connectivity index (χ2v) is 6.20. The number of rotatable bonds is 3. The summed E-state index contributed by atoms with van der Waals surface area (Å²) < 4.78 is 1.89. The van der Waals surface area contributed by atoms with Crippen LogP contribution in [-0.4, -0.2) is 33.8 Å². The number of amides is 2. The number of aryl methyl sites for hydroxylation is 1. The lowest BCUT2D eigenvalue weighted by atomic mass is 9.93. The van der Waals surface area contributed by atoms with Crippen LogP contribution in [0, 0.1) is 0 Å². The van der Waals surface area contributed by atoms with Crippen molar-refractivity contribution in [3.8, 4) is 0 Å². The smallest absolute Gasteiger partial charge is 0.318 e. The van der Waals surface area contributed by atoms with E-state index >= 15 is 0 Å². The van der Waals surface area contributed by atoms with E-state index in [1.165, 1.54) is 5.56 Å². The van der Waals surface area contributed by atoms with Crippen LogP contribution in [0.5, 0.6) is 0 Å². The zero-order valence-electron chi connectivity index (χ0n) is 13.0. The molecule has 2 N–H and O–H groups in total. The summed E-state index contributed by atoms with van der Waals surface area (Å²) in [5.74, 6) is 0. The first-order valence-electron chi connectivity index (χ1n) is 7.64. The number of carbonyl (C=O) groups is 1. The van der Waals surface area contributed by atoms with Gasteiger partial charge in [-0.3, -0.25) is 0 Å². The molecule has 2 aromatic rings. The third kappa shape index (κ3) is 3.21. The Morgan fingerprint density at radius 2 is 2.22 bits per heavy atom. The summed E-state index contributed by atoms with van der Waals surface area (Å²) in [6.07, 6.45) is 2.60. The normalized spacial score (nSPS) is 17.0. The molecule has 0 spiro atoms. The average molecular weight is 334 g/mol. The first-order chi connectivity index (χ1) is 11.1. The highest BCUT2D eigenvalue weighted by Crippen LogP contribution is 2.29. The zero-order valence-corrected chi connectivity index (χ0v) is 13.8. The van der Waals surface area contributed by atoms with Crippen LogP contribution in [0.2, 0.25) is 5.02 Å². The second-order valence-electron chi connectivity index (χ2n) is 5.76. The molecule has 1 aliphatic heterocycles. The lowest BCUT2D eigenvalue weighted by molar-refractivity contribution is 0.126. The third-order valence-electron chi connectivity index (χ3n) is 4.34. The van der Waals surface area contributed by atoms with E-state index in [1.807, 2.05) is 35.9 Å². The fourth-order valence-electron chi connectivity index (χ4n) is 3.10. The number of carbonyl (C=O) groups excluding carboxylic acids is 1. The van der Waals surface area contributed by atoms with Crippen molar-refractivity contribution in [2.75, 3.05) is 13.2 Å². The maximum atomic E-state index is 12.5. The van der Waals surface area contributed by atoms with Gasteiger partial charge in [-0.15, -0.1) is 0 Å². The van der Waals surface area contributed by atoms with Crippen LogP contribution in [0.4, 0.5) is 4.79 Å². The highest BCUT2D eigenvalue weighted by molar-refractivity contribution is 6.30. The molecule has 3 rings (SSSR count). The number of nitrogens with one attached hydrogen (secondary N) is 1. The van der Waals surface area contributed by atoms with Crippen molar-refractivity contribution in [2.24, 2.45) is 7.05 Å². The molecule has 0 saturated carbocycles. The molecule has 1 aliphatic rings. The monoisotopic (exact) mass is 333 g/mol. The fourth-order valence-corrected chi connectivity index (χ4v) is 3.37. The topological polar surface area (TPSA) is 57.5 Å². The number of aliphatic hydroxyl groups excluding tert-OH is 1. The second kappa shape index (κ2) is 6.64. The molecule has 0 saturated heterocycles. The number of urea groups is 1. The van der Waals surface area contributed by atoms with Gasteiger partial charge in [0.25, 0.3) is 0 Å². The van der Waals surface area contributed by atoms with Gasteiger partial charge in [0.15, 0.2) is 0 Å². The van der Waals surface area contributed by atoms with Gasteiger partial charge in [0.1, 0.15) is 0 Å². The highest BCUT2D eigenvalue weighted by atomic mass is 35.5. The highest BCUT2D eigenvalue weighted by Gasteiger charge is 2.29. The Bertz CT molecular complexity index is 714. The third-order valence-corrected chi connectivity index (χ3v) is 4.55. The average Bonchev–Trinajstić information content (AvgIpc) is 2.89. The molecule has 2 amide bonds. The van der Waals surface area contributed by atoms with Crippen molar-refractivity contribution in [3.63, 3.8) is 0 Å². The summed E-state index contributed by atoms with van der Waals surface area (Å²) in [6.45, 7) is 0.917. The van der Waals surface area contributed by atoms with Crippen LogP contribution in [0.3, 0.4) is 0 Å². The molecule has 0 aliphatic carbocycles. The van der Waals surface area contributed by atoms with Crippen molar-refractivity contribution in [1.82, 2.24) is 14.8 Å². The molecule has 122 valence electrons. The van der Waals surface area contributed by atoms with Crippen LogP contribution >= 0.6 is 11.6 Å². The molecular formula is C17H20ClN3O2. The maximum absolute atomic E-state index is 12.5. The lowest BCUT2D eigenvalue weighted by Gasteiger charge is -2.36. The lowest BCUT2D eigenvalue weighted by Crippen LogP contribution is -2.46. The molecule has 0 radical (unpaired) electrons. The van der Waals surface area contributed by atoms with Crippen molar-refractivity contribution in [1.29, 1.82) is 0 Å². The SMILES string of the molecule is Cn1cc(Cl)cc1CNC(=O)N1CCc2ccccc2[C@@H]1CO. The van der Waals surface area contributed by atoms with E-state index in [4.69, 9.17) is 11.6 Å². The maximum Gasteiger partial charge on any atom is 0.318 e. The molecule has 0 unspecified atom stereocenters. The molecule has 1 aromatic heterocycles. The minimum Gasteiger partial charge on any atom is -0.394 e. The zero-order chi connectivity index (χ0) is 16.4. The Morgan fingerprint density at radius 3 is 2.91 bits per heavy atom. The summed E-state index contributed by atoms with van der Waals surface area (Å²) in [5.41, 5.74) is 3.16.